The van der Waals surface area contributed by atoms with Gasteiger partial charge in [0.05, 0.1) is 23.9 Å². The molecule has 4 N–H and O–H groups in total. The van der Waals surface area contributed by atoms with Crippen LogP contribution in [0.1, 0.15) is 0 Å². The summed E-state index contributed by atoms with van der Waals surface area (Å²) in [7, 11) is 0. The molecule has 70 valence electrons. The molecule has 0 fully saturated rings. The van der Waals surface area contributed by atoms with Gasteiger partial charge in [-0.3, -0.25) is 0 Å². The average molecular weight is 188 g/mol. The van der Waals surface area contributed by atoms with Crippen molar-refractivity contribution in [1.29, 1.82) is 0 Å². The molecule has 0 aliphatic carbocycles. The normalized spacial score (nSPS) is 11.4. The van der Waals surface area contributed by atoms with Gasteiger partial charge in [0.2, 0.25) is 0 Å². The van der Waals surface area contributed by atoms with E-state index in [1.54, 1.807) is 24.7 Å². The molecule has 1 aromatic carbocycles. The third-order valence-electron chi connectivity index (χ3n) is 2.40. The van der Waals surface area contributed by atoms with Crippen LogP contribution in [-0.4, -0.2) is 0 Å². The van der Waals surface area contributed by atoms with Crippen molar-refractivity contribution in [1.82, 2.24) is 0 Å². The SMILES string of the molecule is Nc1c2ccoc2c(N)c2ccoc12. The van der Waals surface area contributed by atoms with Gasteiger partial charge in [-0.25, -0.2) is 0 Å². The fourth-order valence-electron chi connectivity index (χ4n) is 1.70. The molecule has 2 aromatic heterocycles. The van der Waals surface area contributed by atoms with Crippen molar-refractivity contribution in [3.05, 3.63) is 24.7 Å². The minimum atomic E-state index is 0.572. The quantitative estimate of drug-likeness (QED) is 0.419. The lowest BCUT2D eigenvalue weighted by molar-refractivity contribution is 0.614. The first-order chi connectivity index (χ1) is 6.79. The number of nitrogen functional groups attached to an aromatic ring is 2. The Bertz CT molecular complexity index is 519. The summed E-state index contributed by atoms with van der Waals surface area (Å²) in [5, 5.41) is 1.59. The zero-order chi connectivity index (χ0) is 9.71. The van der Waals surface area contributed by atoms with Crippen LogP contribution in [0.2, 0.25) is 0 Å². The van der Waals surface area contributed by atoms with Gasteiger partial charge in [0.25, 0.3) is 0 Å². The highest BCUT2D eigenvalue weighted by atomic mass is 16.3. The van der Waals surface area contributed by atoms with Gasteiger partial charge in [0.1, 0.15) is 0 Å². The Labute approximate surface area is 79.1 Å². The summed E-state index contributed by atoms with van der Waals surface area (Å²) in [4.78, 5) is 0. The van der Waals surface area contributed by atoms with E-state index in [9.17, 15) is 0 Å². The smallest absolute Gasteiger partial charge is 0.159 e. The van der Waals surface area contributed by atoms with E-state index >= 15 is 0 Å². The van der Waals surface area contributed by atoms with Crippen LogP contribution in [-0.2, 0) is 0 Å². The van der Waals surface area contributed by atoms with E-state index in [4.69, 9.17) is 20.3 Å². The third kappa shape index (κ3) is 0.682. The highest BCUT2D eigenvalue weighted by molar-refractivity contribution is 6.14. The Hall–Kier alpha value is -2.10. The third-order valence-corrected chi connectivity index (χ3v) is 2.40. The maximum atomic E-state index is 5.90. The Morgan fingerprint density at radius 3 is 1.64 bits per heavy atom. The van der Waals surface area contributed by atoms with Crippen molar-refractivity contribution in [2.45, 2.75) is 0 Å². The molecule has 14 heavy (non-hydrogen) atoms. The molecule has 0 aliphatic rings. The van der Waals surface area contributed by atoms with Gasteiger partial charge in [-0.05, 0) is 12.1 Å². The van der Waals surface area contributed by atoms with E-state index in [2.05, 4.69) is 0 Å². The highest BCUT2D eigenvalue weighted by Gasteiger charge is 2.14. The molecule has 0 bridgehead atoms. The first-order valence-corrected chi connectivity index (χ1v) is 4.20. The minimum absolute atomic E-state index is 0.572. The van der Waals surface area contributed by atoms with E-state index < -0.39 is 0 Å². The van der Waals surface area contributed by atoms with E-state index in [0.29, 0.717) is 22.5 Å². The molecule has 4 heteroatoms. The molecule has 0 radical (unpaired) electrons. The van der Waals surface area contributed by atoms with E-state index in [1.165, 1.54) is 0 Å². The second-order valence-electron chi connectivity index (χ2n) is 3.15. The number of benzene rings is 1. The second kappa shape index (κ2) is 2.23. The summed E-state index contributed by atoms with van der Waals surface area (Å²) in [6.45, 7) is 0. The van der Waals surface area contributed by atoms with Gasteiger partial charge >= 0.3 is 0 Å². The lowest BCUT2D eigenvalue weighted by atomic mass is 10.1. The minimum Gasteiger partial charge on any atom is -0.462 e. The van der Waals surface area contributed by atoms with Crippen LogP contribution in [0.25, 0.3) is 21.9 Å². The fourth-order valence-corrected chi connectivity index (χ4v) is 1.70. The van der Waals surface area contributed by atoms with Crippen molar-refractivity contribution < 1.29 is 8.83 Å². The Kier molecular flexibility index (Phi) is 1.16. The van der Waals surface area contributed by atoms with Gasteiger partial charge in [-0.15, -0.1) is 0 Å². The van der Waals surface area contributed by atoms with Crippen LogP contribution >= 0.6 is 0 Å². The zero-order valence-electron chi connectivity index (χ0n) is 7.28. The van der Waals surface area contributed by atoms with Gasteiger partial charge in [0.15, 0.2) is 11.2 Å². The number of hydrogen-bond donors (Lipinski definition) is 2. The molecule has 0 amide bonds. The molecular weight excluding hydrogens is 180 g/mol. The molecule has 3 rings (SSSR count). The lowest BCUT2D eigenvalue weighted by Gasteiger charge is -2.00. The van der Waals surface area contributed by atoms with Crippen molar-refractivity contribution in [2.75, 3.05) is 11.5 Å². The van der Waals surface area contributed by atoms with Crippen LogP contribution in [0.3, 0.4) is 0 Å². The van der Waals surface area contributed by atoms with Gasteiger partial charge in [-0.1, -0.05) is 0 Å². The van der Waals surface area contributed by atoms with Crippen LogP contribution in [0.4, 0.5) is 11.4 Å². The summed E-state index contributed by atoms with van der Waals surface area (Å²) < 4.78 is 10.5. The van der Waals surface area contributed by atoms with Crippen molar-refractivity contribution in [3.8, 4) is 0 Å². The highest BCUT2D eigenvalue weighted by Crippen LogP contribution is 2.37. The first kappa shape index (κ1) is 7.32. The summed E-state index contributed by atoms with van der Waals surface area (Å²) in [5.74, 6) is 0. The molecule has 0 atom stereocenters. The number of fused-ring (bicyclic) bond motifs is 2. The van der Waals surface area contributed by atoms with Crippen molar-refractivity contribution in [2.24, 2.45) is 0 Å². The van der Waals surface area contributed by atoms with Crippen molar-refractivity contribution >= 4 is 33.3 Å². The lowest BCUT2D eigenvalue weighted by Crippen LogP contribution is -1.91. The maximum Gasteiger partial charge on any atom is 0.159 e. The van der Waals surface area contributed by atoms with Crippen LogP contribution in [0, 0.1) is 0 Å². The molecule has 0 unspecified atom stereocenters. The summed E-state index contributed by atoms with van der Waals surface area (Å²) in [5.41, 5.74) is 14.2. The predicted molar refractivity (Wildman–Crippen MR) is 54.8 cm³/mol. The molecule has 0 spiro atoms. The Morgan fingerprint density at radius 2 is 1.21 bits per heavy atom. The fraction of sp³-hybridized carbons (Fsp3) is 0. The number of furan rings is 2. The molecule has 3 aromatic rings. The molecule has 4 nitrogen and oxygen atoms in total. The second-order valence-corrected chi connectivity index (χ2v) is 3.15. The molecule has 0 saturated carbocycles. The number of hydrogen-bond acceptors (Lipinski definition) is 4. The molecule has 0 saturated heterocycles. The first-order valence-electron chi connectivity index (χ1n) is 4.20. The van der Waals surface area contributed by atoms with Gasteiger partial charge < -0.3 is 20.3 Å². The monoisotopic (exact) mass is 188 g/mol. The van der Waals surface area contributed by atoms with Crippen LogP contribution < -0.4 is 11.5 Å². The van der Waals surface area contributed by atoms with Crippen LogP contribution in [0.15, 0.2) is 33.5 Å². The van der Waals surface area contributed by atoms with Gasteiger partial charge in [-0.2, -0.15) is 0 Å². The van der Waals surface area contributed by atoms with E-state index in [1.807, 2.05) is 0 Å². The molecule has 2 heterocycles. The topological polar surface area (TPSA) is 78.3 Å². The summed E-state index contributed by atoms with van der Waals surface area (Å²) in [6.07, 6.45) is 3.13. The van der Waals surface area contributed by atoms with Gasteiger partial charge in [0, 0.05) is 10.8 Å². The van der Waals surface area contributed by atoms with Crippen LogP contribution in [0.5, 0.6) is 0 Å². The van der Waals surface area contributed by atoms with E-state index in [-0.39, 0.29) is 0 Å². The summed E-state index contributed by atoms with van der Waals surface area (Å²) in [6, 6.07) is 3.56. The zero-order valence-corrected chi connectivity index (χ0v) is 7.28. The Balaban J connectivity index is 2.72. The van der Waals surface area contributed by atoms with E-state index in [0.717, 1.165) is 10.8 Å². The predicted octanol–water partition coefficient (Wildman–Crippen LogP) is 2.34. The maximum absolute atomic E-state index is 5.90. The van der Waals surface area contributed by atoms with Crippen molar-refractivity contribution in [3.63, 3.8) is 0 Å². The molecular formula is C10H8N2O2. The molecule has 0 aliphatic heterocycles. The number of anilines is 2. The Morgan fingerprint density at radius 1 is 0.786 bits per heavy atom. The standard InChI is InChI=1S/C10H8N2O2/c11-7-5-1-3-13-9(5)8(12)6-2-4-14-10(6)7/h1-4H,11-12H2. The number of rotatable bonds is 0. The number of nitrogens with two attached hydrogens (primary N) is 2. The average Bonchev–Trinajstić information content (AvgIpc) is 2.82. The summed E-state index contributed by atoms with van der Waals surface area (Å²) >= 11 is 0. The largest absolute Gasteiger partial charge is 0.462 e.